The molecule has 2 aromatic heterocycles. The first-order valence-electron chi connectivity index (χ1n) is 12.3. The fourth-order valence-electron chi connectivity index (χ4n) is 4.67. The largest absolute Gasteiger partial charge is 0.495 e. The van der Waals surface area contributed by atoms with E-state index >= 15 is 0 Å². The molecule has 2 aliphatic rings. The van der Waals surface area contributed by atoms with Crippen LogP contribution in [-0.4, -0.2) is 78.1 Å². The zero-order chi connectivity index (χ0) is 26.8. The van der Waals surface area contributed by atoms with Crippen LogP contribution in [0.2, 0.25) is 0 Å². The monoisotopic (exact) mass is 551 g/mol. The highest BCUT2D eigenvalue weighted by Gasteiger charge is 2.33. The lowest BCUT2D eigenvalue weighted by atomic mass is 10.2. The highest BCUT2D eigenvalue weighted by Crippen LogP contribution is 2.34. The molecule has 0 saturated carbocycles. The lowest BCUT2D eigenvalue weighted by Crippen LogP contribution is -2.47. The predicted octanol–water partition coefficient (Wildman–Crippen LogP) is 3.19. The number of hydrogen-bond acceptors (Lipinski definition) is 9. The molecule has 1 aromatic carbocycles. The third kappa shape index (κ3) is 5.01. The first-order valence-corrected chi connectivity index (χ1v) is 13.5. The van der Waals surface area contributed by atoms with E-state index in [1.807, 2.05) is 37.3 Å². The van der Waals surface area contributed by atoms with E-state index in [0.29, 0.717) is 52.5 Å². The molecule has 11 heteroatoms. The maximum Gasteiger partial charge on any atom is 0.267 e. The van der Waals surface area contributed by atoms with Gasteiger partial charge in [0.1, 0.15) is 21.5 Å². The summed E-state index contributed by atoms with van der Waals surface area (Å²) in [6.07, 6.45) is 3.42. The number of para-hydroxylation sites is 2. The van der Waals surface area contributed by atoms with Gasteiger partial charge in [0.15, 0.2) is 0 Å². The van der Waals surface area contributed by atoms with Crippen LogP contribution in [0.5, 0.6) is 5.75 Å². The number of ether oxygens (including phenoxy) is 2. The van der Waals surface area contributed by atoms with Gasteiger partial charge in [0.2, 0.25) is 0 Å². The average molecular weight is 552 g/mol. The molecule has 0 atom stereocenters. The normalized spacial score (nSPS) is 17.2. The first kappa shape index (κ1) is 26.2. The standard InChI is InChI=1S/C27H29N5O4S2/c1-18-8-9-23-28-24(30-12-10-29(11-13-30)20-6-4-5-7-21(20)36-3)19(25(33)32(23)17-18)16-22-26(34)31(14-15-35-2)27(37)38-22/h4-9,16-17H,10-15H2,1-3H3. The van der Waals surface area contributed by atoms with Crippen LogP contribution >= 0.6 is 24.0 Å². The van der Waals surface area contributed by atoms with Crippen LogP contribution in [0.3, 0.4) is 0 Å². The number of pyridine rings is 1. The van der Waals surface area contributed by atoms with Gasteiger partial charge < -0.3 is 19.3 Å². The third-order valence-corrected chi connectivity index (χ3v) is 8.04. The molecule has 0 unspecified atom stereocenters. The Kier molecular flexibility index (Phi) is 7.68. The zero-order valence-electron chi connectivity index (χ0n) is 21.5. The summed E-state index contributed by atoms with van der Waals surface area (Å²) in [6, 6.07) is 11.7. The van der Waals surface area contributed by atoms with Crippen LogP contribution in [0, 0.1) is 6.92 Å². The van der Waals surface area contributed by atoms with Gasteiger partial charge in [-0.1, -0.05) is 42.2 Å². The van der Waals surface area contributed by atoms with E-state index in [9.17, 15) is 9.59 Å². The number of piperazine rings is 1. The van der Waals surface area contributed by atoms with Crippen molar-refractivity contribution in [3.05, 3.63) is 69.0 Å². The predicted molar refractivity (Wildman–Crippen MR) is 155 cm³/mol. The number of amides is 1. The number of methoxy groups -OCH3 is 2. The molecule has 2 saturated heterocycles. The molecular formula is C27H29N5O4S2. The summed E-state index contributed by atoms with van der Waals surface area (Å²) < 4.78 is 12.7. The van der Waals surface area contributed by atoms with Gasteiger partial charge in [0.05, 0.1) is 36.4 Å². The average Bonchev–Trinajstić information content (AvgIpc) is 3.20. The molecule has 5 rings (SSSR count). The van der Waals surface area contributed by atoms with E-state index in [-0.39, 0.29) is 11.5 Å². The summed E-state index contributed by atoms with van der Waals surface area (Å²) in [5.41, 5.74) is 2.70. The van der Waals surface area contributed by atoms with E-state index in [2.05, 4.69) is 15.9 Å². The van der Waals surface area contributed by atoms with Crippen molar-refractivity contribution in [2.75, 3.05) is 63.4 Å². The molecule has 4 heterocycles. The minimum atomic E-state index is -0.224. The van der Waals surface area contributed by atoms with Crippen LogP contribution in [0.1, 0.15) is 11.1 Å². The molecule has 9 nitrogen and oxygen atoms in total. The number of thioether (sulfide) groups is 1. The van der Waals surface area contributed by atoms with Crippen molar-refractivity contribution in [3.63, 3.8) is 0 Å². The van der Waals surface area contributed by atoms with Crippen molar-refractivity contribution in [1.29, 1.82) is 0 Å². The van der Waals surface area contributed by atoms with E-state index in [0.717, 1.165) is 30.1 Å². The maximum absolute atomic E-state index is 13.8. The minimum Gasteiger partial charge on any atom is -0.495 e. The smallest absolute Gasteiger partial charge is 0.267 e. The summed E-state index contributed by atoms with van der Waals surface area (Å²) in [5.74, 6) is 1.17. The lowest BCUT2D eigenvalue weighted by molar-refractivity contribution is -0.122. The van der Waals surface area contributed by atoms with Gasteiger partial charge >= 0.3 is 0 Å². The lowest BCUT2D eigenvalue weighted by Gasteiger charge is -2.37. The fraction of sp³-hybridized carbons (Fsp3) is 0.333. The van der Waals surface area contributed by atoms with Gasteiger partial charge in [-0.05, 0) is 36.8 Å². The third-order valence-electron chi connectivity index (χ3n) is 6.66. The highest BCUT2D eigenvalue weighted by molar-refractivity contribution is 8.26. The molecule has 0 aliphatic carbocycles. The number of fused-ring (bicyclic) bond motifs is 1. The molecule has 2 fully saturated rings. The van der Waals surface area contributed by atoms with Crippen molar-refractivity contribution in [3.8, 4) is 5.75 Å². The summed E-state index contributed by atoms with van der Waals surface area (Å²) in [4.78, 5) is 38.1. The number of anilines is 2. The van der Waals surface area contributed by atoms with Gasteiger partial charge in [-0.25, -0.2) is 4.98 Å². The van der Waals surface area contributed by atoms with Crippen molar-refractivity contribution in [1.82, 2.24) is 14.3 Å². The summed E-state index contributed by atoms with van der Waals surface area (Å²) in [7, 11) is 3.25. The topological polar surface area (TPSA) is 79.6 Å². The van der Waals surface area contributed by atoms with Crippen LogP contribution in [0.25, 0.3) is 11.7 Å². The Labute approximate surface area is 230 Å². The summed E-state index contributed by atoms with van der Waals surface area (Å²) >= 11 is 6.63. The molecule has 198 valence electrons. The molecular weight excluding hydrogens is 522 g/mol. The van der Waals surface area contributed by atoms with Crippen LogP contribution < -0.4 is 20.1 Å². The van der Waals surface area contributed by atoms with Gasteiger partial charge in [0, 0.05) is 39.5 Å². The molecule has 3 aromatic rings. The number of benzene rings is 1. The number of carbonyl (C=O) groups excluding carboxylic acids is 1. The number of thiocarbonyl (C=S) groups is 1. The van der Waals surface area contributed by atoms with Crippen molar-refractivity contribution < 1.29 is 14.3 Å². The zero-order valence-corrected chi connectivity index (χ0v) is 23.2. The number of aromatic nitrogens is 2. The van der Waals surface area contributed by atoms with Gasteiger partial charge in [-0.3, -0.25) is 18.9 Å². The van der Waals surface area contributed by atoms with Gasteiger partial charge in [0.25, 0.3) is 11.5 Å². The van der Waals surface area contributed by atoms with E-state index in [4.69, 9.17) is 26.7 Å². The van der Waals surface area contributed by atoms with Crippen molar-refractivity contribution >= 4 is 57.4 Å². The summed E-state index contributed by atoms with van der Waals surface area (Å²) in [5, 5.41) is 0. The van der Waals surface area contributed by atoms with Crippen LogP contribution in [0.4, 0.5) is 11.5 Å². The first-order chi connectivity index (χ1) is 18.4. The minimum absolute atomic E-state index is 0.219. The Morgan fingerprint density at radius 2 is 1.79 bits per heavy atom. The molecule has 0 spiro atoms. The number of aryl methyl sites for hydroxylation is 1. The Bertz CT molecular complexity index is 1480. The SMILES string of the molecule is COCCN1C(=O)C(=Cc2c(N3CCN(c4ccccc4OC)CC3)nc3ccc(C)cn3c2=O)SC1=S. The maximum atomic E-state index is 13.8. The van der Waals surface area contributed by atoms with E-state index in [1.165, 1.54) is 16.7 Å². The van der Waals surface area contributed by atoms with Crippen molar-refractivity contribution in [2.24, 2.45) is 0 Å². The van der Waals surface area contributed by atoms with Crippen molar-refractivity contribution in [2.45, 2.75) is 6.92 Å². The molecule has 2 aliphatic heterocycles. The number of hydrogen-bond donors (Lipinski definition) is 0. The number of rotatable bonds is 7. The molecule has 0 bridgehead atoms. The van der Waals surface area contributed by atoms with Crippen LogP contribution in [0.15, 0.2) is 52.3 Å². The fourth-order valence-corrected chi connectivity index (χ4v) is 5.96. The molecule has 38 heavy (non-hydrogen) atoms. The Hall–Kier alpha value is -3.41. The molecule has 1 amide bonds. The number of nitrogens with zero attached hydrogens (tertiary/aromatic N) is 5. The van der Waals surface area contributed by atoms with E-state index < -0.39 is 0 Å². The number of carbonyl (C=O) groups is 1. The van der Waals surface area contributed by atoms with Gasteiger partial charge in [-0.2, -0.15) is 0 Å². The van der Waals surface area contributed by atoms with Crippen LogP contribution in [-0.2, 0) is 9.53 Å². The quantitative estimate of drug-likeness (QED) is 0.325. The Morgan fingerprint density at radius 1 is 1.05 bits per heavy atom. The van der Waals surface area contributed by atoms with Gasteiger partial charge in [-0.15, -0.1) is 0 Å². The summed E-state index contributed by atoms with van der Waals surface area (Å²) in [6.45, 7) is 5.44. The second kappa shape index (κ2) is 11.1. The molecule has 0 radical (unpaired) electrons. The second-order valence-corrected chi connectivity index (χ2v) is 10.7. The Balaban J connectivity index is 1.51. The highest BCUT2D eigenvalue weighted by atomic mass is 32.2. The Morgan fingerprint density at radius 3 is 2.53 bits per heavy atom. The molecule has 0 N–H and O–H groups in total. The second-order valence-electron chi connectivity index (χ2n) is 9.06. The van der Waals surface area contributed by atoms with E-state index in [1.54, 1.807) is 30.9 Å².